The summed E-state index contributed by atoms with van der Waals surface area (Å²) in [4.78, 5) is 7.50. The topological polar surface area (TPSA) is 28.7 Å². The Morgan fingerprint density at radius 1 is 1.25 bits per heavy atom. The van der Waals surface area contributed by atoms with Gasteiger partial charge in [0.2, 0.25) is 0 Å². The lowest BCUT2D eigenvalue weighted by Gasteiger charge is -1.89. The van der Waals surface area contributed by atoms with E-state index in [1.54, 1.807) is 11.3 Å². The first kappa shape index (κ1) is 6.20. The fourth-order valence-electron chi connectivity index (χ4n) is 1.45. The van der Waals surface area contributed by atoms with E-state index in [0.29, 0.717) is 0 Å². The second-order valence-electron chi connectivity index (χ2n) is 2.71. The summed E-state index contributed by atoms with van der Waals surface area (Å²) in [6.45, 7) is 0. The lowest BCUT2D eigenvalue weighted by molar-refractivity contribution is 1.45. The summed E-state index contributed by atoms with van der Waals surface area (Å²) in [6, 6.07) is 6.30. The maximum Gasteiger partial charge on any atom is 0.105 e. The molecule has 0 unspecified atom stereocenters. The first-order valence-corrected chi connectivity index (χ1v) is 4.62. The van der Waals surface area contributed by atoms with E-state index >= 15 is 0 Å². The molecule has 2 nitrogen and oxygen atoms in total. The van der Waals surface area contributed by atoms with E-state index in [4.69, 9.17) is 0 Å². The predicted octanol–water partition coefficient (Wildman–Crippen LogP) is 2.78. The summed E-state index contributed by atoms with van der Waals surface area (Å²) in [5.74, 6) is 0. The molecule has 0 saturated carbocycles. The van der Waals surface area contributed by atoms with Crippen molar-refractivity contribution in [2.75, 3.05) is 0 Å². The molecule has 3 rings (SSSR count). The zero-order valence-electron chi connectivity index (χ0n) is 6.24. The monoisotopic (exact) mass is 174 g/mol. The van der Waals surface area contributed by atoms with Gasteiger partial charge in [-0.15, -0.1) is 11.3 Å². The molecule has 0 radical (unpaired) electrons. The quantitative estimate of drug-likeness (QED) is 0.557. The molecule has 3 aromatic rings. The maximum atomic E-state index is 4.31. The maximum absolute atomic E-state index is 4.31. The average molecular weight is 174 g/mol. The Bertz CT molecular complexity index is 486. The van der Waals surface area contributed by atoms with Crippen LogP contribution in [-0.4, -0.2) is 9.97 Å². The van der Waals surface area contributed by atoms with Crippen molar-refractivity contribution >= 4 is 32.5 Å². The minimum absolute atomic E-state index is 1.09. The fourth-order valence-corrected chi connectivity index (χ4v) is 2.14. The number of nitrogens with one attached hydrogen (secondary N) is 1. The molecule has 2 heterocycles. The van der Waals surface area contributed by atoms with E-state index in [0.717, 1.165) is 11.0 Å². The van der Waals surface area contributed by atoms with Crippen molar-refractivity contribution < 1.29 is 0 Å². The Balaban J connectivity index is 2.71. The fraction of sp³-hybridized carbons (Fsp3) is 0. The summed E-state index contributed by atoms with van der Waals surface area (Å²) in [7, 11) is 0. The van der Waals surface area contributed by atoms with Crippen LogP contribution in [0.25, 0.3) is 21.1 Å². The molecule has 58 valence electrons. The number of fused-ring (bicyclic) bond motifs is 3. The number of aromatic amines is 1. The van der Waals surface area contributed by atoms with Crippen molar-refractivity contribution in [2.24, 2.45) is 0 Å². The first-order valence-electron chi connectivity index (χ1n) is 3.74. The second kappa shape index (κ2) is 2.08. The molecule has 1 N–H and O–H groups in total. The molecular formula is C9H6N2S. The van der Waals surface area contributed by atoms with Gasteiger partial charge in [-0.25, -0.2) is 4.98 Å². The molecule has 1 aromatic carbocycles. The smallest absolute Gasteiger partial charge is 0.105 e. The van der Waals surface area contributed by atoms with Gasteiger partial charge in [-0.1, -0.05) is 6.07 Å². The largest absolute Gasteiger partial charge is 0.359 e. The number of hydrogen-bond donors (Lipinski definition) is 1. The zero-order chi connectivity index (χ0) is 7.97. The van der Waals surface area contributed by atoms with Crippen LogP contribution in [0.5, 0.6) is 0 Å². The number of hydrogen-bond acceptors (Lipinski definition) is 2. The van der Waals surface area contributed by atoms with E-state index in [9.17, 15) is 0 Å². The predicted molar refractivity (Wildman–Crippen MR) is 51.5 cm³/mol. The van der Waals surface area contributed by atoms with Crippen molar-refractivity contribution in [3.05, 3.63) is 29.9 Å². The van der Waals surface area contributed by atoms with Gasteiger partial charge in [-0.05, 0) is 12.1 Å². The highest BCUT2D eigenvalue weighted by molar-refractivity contribution is 7.16. The van der Waals surface area contributed by atoms with Gasteiger partial charge in [0.1, 0.15) is 5.52 Å². The molecular weight excluding hydrogens is 168 g/mol. The lowest BCUT2D eigenvalue weighted by Crippen LogP contribution is -1.70. The van der Waals surface area contributed by atoms with Gasteiger partial charge in [-0.2, -0.15) is 0 Å². The van der Waals surface area contributed by atoms with E-state index < -0.39 is 0 Å². The van der Waals surface area contributed by atoms with Crippen LogP contribution in [0.3, 0.4) is 0 Å². The third kappa shape index (κ3) is 0.662. The molecule has 0 aliphatic carbocycles. The second-order valence-corrected chi connectivity index (χ2v) is 3.59. The van der Waals surface area contributed by atoms with Gasteiger partial charge < -0.3 is 4.98 Å². The number of rotatable bonds is 0. The van der Waals surface area contributed by atoms with Gasteiger partial charge >= 0.3 is 0 Å². The Kier molecular flexibility index (Phi) is 1.07. The first-order chi connectivity index (χ1) is 5.95. The van der Waals surface area contributed by atoms with Crippen molar-refractivity contribution in [1.29, 1.82) is 0 Å². The van der Waals surface area contributed by atoms with E-state index in [1.807, 2.05) is 11.7 Å². The number of aromatic nitrogens is 2. The van der Waals surface area contributed by atoms with Crippen LogP contribution in [0.1, 0.15) is 0 Å². The molecule has 0 aliphatic rings. The highest BCUT2D eigenvalue weighted by Crippen LogP contribution is 2.25. The normalized spacial score (nSPS) is 11.3. The molecule has 3 heteroatoms. The molecule has 0 atom stereocenters. The molecule has 0 spiro atoms. The van der Waals surface area contributed by atoms with Gasteiger partial charge in [0.05, 0.1) is 15.7 Å². The summed E-state index contributed by atoms with van der Waals surface area (Å²) in [5.41, 5.74) is 4.11. The van der Waals surface area contributed by atoms with Crippen molar-refractivity contribution in [1.82, 2.24) is 9.97 Å². The Hall–Kier alpha value is -1.35. The molecule has 0 bridgehead atoms. The minimum Gasteiger partial charge on any atom is -0.359 e. The Labute approximate surface area is 72.9 Å². The number of H-pyrrole nitrogens is 1. The van der Waals surface area contributed by atoms with Gasteiger partial charge in [0.25, 0.3) is 0 Å². The molecule has 2 aromatic heterocycles. The molecule has 12 heavy (non-hydrogen) atoms. The highest BCUT2D eigenvalue weighted by atomic mass is 32.1. The standard InChI is InChI=1S/C9H6N2S/c1-2-7-9(11-5-12-7)8-6(1)3-4-10-8/h1-5,10H. The van der Waals surface area contributed by atoms with E-state index in [1.165, 1.54) is 10.1 Å². The van der Waals surface area contributed by atoms with Gasteiger partial charge in [-0.3, -0.25) is 0 Å². The van der Waals surface area contributed by atoms with Crippen LogP contribution in [0.4, 0.5) is 0 Å². The van der Waals surface area contributed by atoms with Crippen molar-refractivity contribution in [3.63, 3.8) is 0 Å². The summed E-state index contributed by atoms with van der Waals surface area (Å²) in [5, 5.41) is 1.23. The molecule has 0 amide bonds. The van der Waals surface area contributed by atoms with Crippen LogP contribution in [0, 0.1) is 0 Å². The van der Waals surface area contributed by atoms with Crippen LogP contribution in [0.15, 0.2) is 29.9 Å². The van der Waals surface area contributed by atoms with Crippen LogP contribution in [-0.2, 0) is 0 Å². The van der Waals surface area contributed by atoms with E-state index in [2.05, 4.69) is 28.2 Å². The Morgan fingerprint density at radius 3 is 3.25 bits per heavy atom. The zero-order valence-corrected chi connectivity index (χ0v) is 7.06. The minimum atomic E-state index is 1.09. The molecule has 0 saturated heterocycles. The summed E-state index contributed by atoms with van der Waals surface area (Å²) >= 11 is 1.67. The summed E-state index contributed by atoms with van der Waals surface area (Å²) < 4.78 is 1.24. The lowest BCUT2D eigenvalue weighted by atomic mass is 10.2. The van der Waals surface area contributed by atoms with E-state index in [-0.39, 0.29) is 0 Å². The van der Waals surface area contributed by atoms with Crippen molar-refractivity contribution in [3.8, 4) is 0 Å². The summed E-state index contributed by atoms with van der Waals surface area (Å²) in [6.07, 6.45) is 1.95. The van der Waals surface area contributed by atoms with Crippen LogP contribution in [0.2, 0.25) is 0 Å². The Morgan fingerprint density at radius 2 is 2.25 bits per heavy atom. The average Bonchev–Trinajstić information content (AvgIpc) is 2.71. The third-order valence-corrected chi connectivity index (χ3v) is 2.82. The van der Waals surface area contributed by atoms with Crippen molar-refractivity contribution in [2.45, 2.75) is 0 Å². The number of thiazole rings is 1. The SMILES string of the molecule is c1cc2ccc3scnc3c2[nH]1. The highest BCUT2D eigenvalue weighted by Gasteiger charge is 2.01. The van der Waals surface area contributed by atoms with Gasteiger partial charge in [0.15, 0.2) is 0 Å². The molecule has 0 aliphatic heterocycles. The number of benzene rings is 1. The van der Waals surface area contributed by atoms with Crippen LogP contribution >= 0.6 is 11.3 Å². The van der Waals surface area contributed by atoms with Gasteiger partial charge in [0, 0.05) is 11.6 Å². The third-order valence-electron chi connectivity index (χ3n) is 2.03. The van der Waals surface area contributed by atoms with Crippen LogP contribution < -0.4 is 0 Å². The number of nitrogens with zero attached hydrogens (tertiary/aromatic N) is 1. The molecule has 0 fully saturated rings.